The van der Waals surface area contributed by atoms with Crippen molar-refractivity contribution in [3.63, 3.8) is 0 Å². The Kier molecular flexibility index (Phi) is 2.90. The summed E-state index contributed by atoms with van der Waals surface area (Å²) in [6, 6.07) is 7.53. The number of carbonyl (C=O) groups is 1. The van der Waals surface area contributed by atoms with Gasteiger partial charge in [0.2, 0.25) is 0 Å². The molecule has 17 heavy (non-hydrogen) atoms. The van der Waals surface area contributed by atoms with E-state index in [0.717, 1.165) is 15.4 Å². The Morgan fingerprint density at radius 2 is 2.29 bits per heavy atom. The molecule has 0 amide bonds. The fourth-order valence-corrected chi connectivity index (χ4v) is 2.36. The minimum atomic E-state index is -1.01. The van der Waals surface area contributed by atoms with Gasteiger partial charge in [0.1, 0.15) is 12.2 Å². The van der Waals surface area contributed by atoms with E-state index in [9.17, 15) is 9.90 Å². The molecule has 0 bridgehead atoms. The number of fused-ring (bicyclic) bond motifs is 1. The molecule has 86 valence electrons. The molecule has 1 aromatic heterocycles. The van der Waals surface area contributed by atoms with E-state index >= 15 is 0 Å². The average Bonchev–Trinajstić information content (AvgIpc) is 2.52. The number of halogens is 1. The number of nitrogens with zero attached hydrogens (tertiary/aromatic N) is 2. The molecule has 0 radical (unpaired) electrons. The molecule has 4 nitrogen and oxygen atoms in total. The van der Waals surface area contributed by atoms with Gasteiger partial charge in [0.05, 0.1) is 11.6 Å². The summed E-state index contributed by atoms with van der Waals surface area (Å²) in [5, 5.41) is 18.9. The van der Waals surface area contributed by atoms with Crippen LogP contribution in [0.5, 0.6) is 0 Å². The van der Waals surface area contributed by atoms with Crippen molar-refractivity contribution in [1.29, 1.82) is 5.26 Å². The molecule has 2 aromatic rings. The van der Waals surface area contributed by atoms with Crippen LogP contribution in [0.3, 0.4) is 0 Å². The summed E-state index contributed by atoms with van der Waals surface area (Å²) in [6.07, 6.45) is 0. The van der Waals surface area contributed by atoms with E-state index in [0.29, 0.717) is 5.56 Å². The minimum absolute atomic E-state index is 0.0302. The molecule has 1 aromatic carbocycles. The average molecular weight is 293 g/mol. The van der Waals surface area contributed by atoms with E-state index in [1.807, 2.05) is 24.3 Å². The number of aromatic carboxylic acids is 1. The maximum absolute atomic E-state index is 11.2. The van der Waals surface area contributed by atoms with E-state index in [2.05, 4.69) is 15.9 Å². The Morgan fingerprint density at radius 3 is 2.88 bits per heavy atom. The second kappa shape index (κ2) is 4.22. The first-order valence-corrected chi connectivity index (χ1v) is 5.74. The minimum Gasteiger partial charge on any atom is -0.477 e. The van der Waals surface area contributed by atoms with E-state index < -0.39 is 5.97 Å². The van der Waals surface area contributed by atoms with Gasteiger partial charge in [-0.25, -0.2) is 4.79 Å². The molecule has 0 fully saturated rings. The monoisotopic (exact) mass is 292 g/mol. The molecule has 0 aliphatic carbocycles. The first-order chi connectivity index (χ1) is 8.06. The topological polar surface area (TPSA) is 66.0 Å². The van der Waals surface area contributed by atoms with Crippen molar-refractivity contribution in [2.75, 3.05) is 0 Å². The Bertz CT molecular complexity index is 653. The van der Waals surface area contributed by atoms with Gasteiger partial charge in [-0.1, -0.05) is 22.0 Å². The van der Waals surface area contributed by atoms with Gasteiger partial charge >= 0.3 is 5.97 Å². The molecular weight excluding hydrogens is 284 g/mol. The van der Waals surface area contributed by atoms with Gasteiger partial charge in [0, 0.05) is 9.86 Å². The molecule has 0 spiro atoms. The molecule has 0 unspecified atom stereocenters. The number of hydrogen-bond donors (Lipinski definition) is 1. The van der Waals surface area contributed by atoms with Gasteiger partial charge in [-0.15, -0.1) is 0 Å². The van der Waals surface area contributed by atoms with Gasteiger partial charge in [-0.05, 0) is 24.6 Å². The van der Waals surface area contributed by atoms with Crippen LogP contribution in [-0.2, 0) is 6.54 Å². The van der Waals surface area contributed by atoms with Crippen molar-refractivity contribution >= 4 is 32.8 Å². The lowest BCUT2D eigenvalue weighted by Gasteiger charge is -2.02. The Labute approximate surface area is 106 Å². The molecule has 0 saturated heterocycles. The van der Waals surface area contributed by atoms with E-state index in [1.54, 1.807) is 6.92 Å². The number of nitriles is 1. The first kappa shape index (κ1) is 11.7. The van der Waals surface area contributed by atoms with E-state index in [4.69, 9.17) is 5.26 Å². The smallest absolute Gasteiger partial charge is 0.352 e. The van der Waals surface area contributed by atoms with Crippen LogP contribution in [0.4, 0.5) is 0 Å². The summed E-state index contributed by atoms with van der Waals surface area (Å²) in [6.45, 7) is 1.79. The summed E-state index contributed by atoms with van der Waals surface area (Å²) in [4.78, 5) is 11.2. The van der Waals surface area contributed by atoms with Gasteiger partial charge in [0.25, 0.3) is 0 Å². The van der Waals surface area contributed by atoms with Crippen LogP contribution in [-0.4, -0.2) is 15.6 Å². The second-order valence-electron chi connectivity index (χ2n) is 3.68. The van der Waals surface area contributed by atoms with E-state index in [-0.39, 0.29) is 12.2 Å². The lowest BCUT2D eigenvalue weighted by Crippen LogP contribution is -2.08. The van der Waals surface area contributed by atoms with Crippen molar-refractivity contribution in [2.24, 2.45) is 0 Å². The lowest BCUT2D eigenvalue weighted by molar-refractivity contribution is 0.0685. The standard InChI is InChI=1S/C12H9BrN2O2/c1-7-9-3-2-8(13)6-10(9)15(5-4-14)11(7)12(16)17/h2-3,6H,5H2,1H3,(H,16,17). The molecule has 1 N–H and O–H groups in total. The first-order valence-electron chi connectivity index (χ1n) is 4.95. The SMILES string of the molecule is Cc1c(C(=O)O)n(CC#N)c2cc(Br)ccc12. The van der Waals surface area contributed by atoms with Crippen molar-refractivity contribution in [1.82, 2.24) is 4.57 Å². The van der Waals surface area contributed by atoms with Crippen LogP contribution in [0.2, 0.25) is 0 Å². The highest BCUT2D eigenvalue weighted by Gasteiger charge is 2.19. The third-order valence-electron chi connectivity index (χ3n) is 2.71. The molecule has 0 saturated carbocycles. The zero-order valence-corrected chi connectivity index (χ0v) is 10.7. The van der Waals surface area contributed by atoms with Crippen LogP contribution in [0.25, 0.3) is 10.9 Å². The zero-order valence-electron chi connectivity index (χ0n) is 9.07. The zero-order chi connectivity index (χ0) is 12.6. The van der Waals surface area contributed by atoms with Crippen molar-refractivity contribution < 1.29 is 9.90 Å². The predicted molar refractivity (Wildman–Crippen MR) is 66.9 cm³/mol. The molecule has 0 aliphatic rings. The van der Waals surface area contributed by atoms with Crippen molar-refractivity contribution in [3.05, 3.63) is 33.9 Å². The molecule has 0 aliphatic heterocycles. The van der Waals surface area contributed by atoms with Crippen LogP contribution >= 0.6 is 15.9 Å². The highest BCUT2D eigenvalue weighted by Crippen LogP contribution is 2.28. The third-order valence-corrected chi connectivity index (χ3v) is 3.20. The van der Waals surface area contributed by atoms with Crippen molar-refractivity contribution in [2.45, 2.75) is 13.5 Å². The predicted octanol–water partition coefficient (Wildman–Crippen LogP) is 2.93. The Morgan fingerprint density at radius 1 is 1.59 bits per heavy atom. The number of hydrogen-bond acceptors (Lipinski definition) is 2. The summed E-state index contributed by atoms with van der Waals surface area (Å²) in [7, 11) is 0. The van der Waals surface area contributed by atoms with Crippen LogP contribution in [0, 0.1) is 18.3 Å². The maximum atomic E-state index is 11.2. The van der Waals surface area contributed by atoms with Gasteiger partial charge < -0.3 is 9.67 Å². The maximum Gasteiger partial charge on any atom is 0.352 e. The molecule has 5 heteroatoms. The molecular formula is C12H9BrN2O2. The molecule has 2 rings (SSSR count). The largest absolute Gasteiger partial charge is 0.477 e. The summed E-state index contributed by atoms with van der Waals surface area (Å²) >= 11 is 3.34. The van der Waals surface area contributed by atoms with E-state index in [1.165, 1.54) is 4.57 Å². The van der Waals surface area contributed by atoms with Gasteiger partial charge in [0.15, 0.2) is 0 Å². The fraction of sp³-hybridized carbons (Fsp3) is 0.167. The number of carboxylic acids is 1. The Balaban J connectivity index is 2.89. The molecule has 1 heterocycles. The highest BCUT2D eigenvalue weighted by molar-refractivity contribution is 9.10. The molecule has 0 atom stereocenters. The number of carboxylic acid groups (broad SMARTS) is 1. The van der Waals surface area contributed by atoms with Gasteiger partial charge in [-0.2, -0.15) is 5.26 Å². The second-order valence-corrected chi connectivity index (χ2v) is 4.60. The number of rotatable bonds is 2. The summed E-state index contributed by atoms with van der Waals surface area (Å²) < 4.78 is 2.39. The summed E-state index contributed by atoms with van der Waals surface area (Å²) in [5.41, 5.74) is 1.63. The summed E-state index contributed by atoms with van der Waals surface area (Å²) in [5.74, 6) is -1.01. The lowest BCUT2D eigenvalue weighted by atomic mass is 10.1. The van der Waals surface area contributed by atoms with Crippen LogP contribution in [0.15, 0.2) is 22.7 Å². The quantitative estimate of drug-likeness (QED) is 0.925. The third kappa shape index (κ3) is 1.81. The number of benzene rings is 1. The Hall–Kier alpha value is -1.80. The van der Waals surface area contributed by atoms with Crippen molar-refractivity contribution in [3.8, 4) is 6.07 Å². The highest BCUT2D eigenvalue weighted by atomic mass is 79.9. The fourth-order valence-electron chi connectivity index (χ4n) is 2.01. The number of aryl methyl sites for hydroxylation is 1. The van der Waals surface area contributed by atoms with Crippen LogP contribution < -0.4 is 0 Å². The normalized spacial score (nSPS) is 10.4. The number of aromatic nitrogens is 1. The van der Waals surface area contributed by atoms with Gasteiger partial charge in [-0.3, -0.25) is 0 Å². The van der Waals surface area contributed by atoms with Crippen LogP contribution in [0.1, 0.15) is 16.1 Å².